The molecule has 0 aliphatic heterocycles. The molecule has 0 aromatic heterocycles. The molecule has 0 spiro atoms. The number of benzene rings is 1. The van der Waals surface area contributed by atoms with Gasteiger partial charge >= 0.3 is 6.09 Å². The molecule has 192 valence electrons. The average molecular weight is 498 g/mol. The van der Waals surface area contributed by atoms with Gasteiger partial charge in [-0.05, 0) is 49.8 Å². The first-order valence-electron chi connectivity index (χ1n) is 11.7. The number of amides is 2. The Balaban J connectivity index is 1.90. The maximum atomic E-state index is 13.8. The highest BCUT2D eigenvalue weighted by molar-refractivity contribution is 6.13. The molecule has 10 heteroatoms. The summed E-state index contributed by atoms with van der Waals surface area (Å²) < 4.78 is 5.00. The maximum absolute atomic E-state index is 13.8. The van der Waals surface area contributed by atoms with Crippen LogP contribution in [-0.2, 0) is 20.7 Å². The molecule has 10 nitrogen and oxygen atoms in total. The number of aliphatic hydroxyl groups is 3. The van der Waals surface area contributed by atoms with Gasteiger partial charge < -0.3 is 30.7 Å². The quantitative estimate of drug-likeness (QED) is 0.424. The highest BCUT2D eigenvalue weighted by atomic mass is 16.5. The van der Waals surface area contributed by atoms with Crippen molar-refractivity contribution in [2.24, 2.45) is 17.6 Å². The number of fused-ring (bicyclic) bond motifs is 3. The Morgan fingerprint density at radius 2 is 1.97 bits per heavy atom. The molecule has 0 heterocycles. The summed E-state index contributed by atoms with van der Waals surface area (Å²) in [5, 5.41) is 36.2. The molecule has 2 amide bonds. The van der Waals surface area contributed by atoms with E-state index < -0.39 is 35.2 Å². The van der Waals surface area contributed by atoms with Crippen molar-refractivity contribution in [2.45, 2.75) is 38.7 Å². The second-order valence-corrected chi connectivity index (χ2v) is 9.72. The minimum Gasteiger partial charge on any atom is -0.511 e. The fourth-order valence-electron chi connectivity index (χ4n) is 5.84. The van der Waals surface area contributed by atoms with Gasteiger partial charge in [0.05, 0.1) is 12.2 Å². The molecular weight excluding hydrogens is 466 g/mol. The van der Waals surface area contributed by atoms with E-state index in [0.29, 0.717) is 23.2 Å². The first-order chi connectivity index (χ1) is 16.8. The molecular formula is C26H31N3O7. The van der Waals surface area contributed by atoms with Gasteiger partial charge in [-0.15, -0.1) is 0 Å². The van der Waals surface area contributed by atoms with Gasteiger partial charge in [-0.3, -0.25) is 14.9 Å². The number of nitrogens with one attached hydrogen (secondary N) is 1. The number of aliphatic hydroxyl groups excluding tert-OH is 2. The molecule has 0 unspecified atom stereocenters. The Bertz CT molecular complexity index is 1280. The molecule has 0 saturated heterocycles. The normalized spacial score (nSPS) is 25.1. The predicted molar refractivity (Wildman–Crippen MR) is 134 cm³/mol. The van der Waals surface area contributed by atoms with E-state index in [1.807, 2.05) is 19.0 Å². The fourth-order valence-corrected chi connectivity index (χ4v) is 5.84. The predicted octanol–water partition coefficient (Wildman–Crippen LogP) is 2.65. The van der Waals surface area contributed by atoms with E-state index in [1.165, 1.54) is 0 Å². The molecule has 6 N–H and O–H groups in total. The third-order valence-electron chi connectivity index (χ3n) is 7.50. The lowest BCUT2D eigenvalue weighted by atomic mass is 9.57. The SMILES string of the molecule is C=C1C(C(N)=O)=C(O)C[C@@H]2C[C@@H]3Cc4c(N(C)C)cc(NC(=O)OCC)c(C)c4C(O)=C3C(=O)[C@]12O. The first-order valence-corrected chi connectivity index (χ1v) is 11.7. The van der Waals surface area contributed by atoms with Crippen molar-refractivity contribution in [3.63, 3.8) is 0 Å². The zero-order valence-corrected chi connectivity index (χ0v) is 20.8. The molecule has 1 aromatic carbocycles. The standard InChI is InChI=1S/C26H31N3O7/c1-6-36-25(34)28-16-10-17(29(4)5)15-8-13-7-14-9-18(30)20(24(27)33)12(3)26(14,35)23(32)21(13)22(31)19(15)11(16)2/h10,13-14,30-31,35H,3,6-9H2,1-2,4-5H3,(H2,27,33)(H,28,34)/t13-,14+,26+/m1/s1. The third kappa shape index (κ3) is 3.55. The van der Waals surface area contributed by atoms with Crippen molar-refractivity contribution < 1.29 is 34.4 Å². The van der Waals surface area contributed by atoms with Crippen LogP contribution in [0.5, 0.6) is 0 Å². The summed E-state index contributed by atoms with van der Waals surface area (Å²) in [6.07, 6.45) is -0.106. The molecule has 1 fully saturated rings. The molecule has 36 heavy (non-hydrogen) atoms. The summed E-state index contributed by atoms with van der Waals surface area (Å²) in [4.78, 5) is 39.7. The number of anilines is 2. The maximum Gasteiger partial charge on any atom is 0.411 e. The van der Waals surface area contributed by atoms with Crippen LogP contribution >= 0.6 is 0 Å². The molecule has 1 aromatic rings. The zero-order chi connectivity index (χ0) is 26.7. The second-order valence-electron chi connectivity index (χ2n) is 9.72. The van der Waals surface area contributed by atoms with E-state index in [1.54, 1.807) is 19.9 Å². The summed E-state index contributed by atoms with van der Waals surface area (Å²) in [7, 11) is 3.67. The number of nitrogens with zero attached hydrogens (tertiary/aromatic N) is 1. The molecule has 0 radical (unpaired) electrons. The number of allylic oxidation sites excluding steroid dienone is 1. The number of ketones is 1. The number of rotatable bonds is 4. The number of ether oxygens (including phenoxy) is 1. The monoisotopic (exact) mass is 497 g/mol. The highest BCUT2D eigenvalue weighted by Crippen LogP contribution is 2.54. The molecule has 3 aliphatic rings. The fraction of sp³-hybridized carbons (Fsp3) is 0.423. The van der Waals surface area contributed by atoms with Crippen LogP contribution in [0.4, 0.5) is 16.2 Å². The smallest absolute Gasteiger partial charge is 0.411 e. The van der Waals surface area contributed by atoms with E-state index in [0.717, 1.165) is 11.3 Å². The number of primary amides is 1. The van der Waals surface area contributed by atoms with Crippen LogP contribution in [0.2, 0.25) is 0 Å². The lowest BCUT2D eigenvalue weighted by Crippen LogP contribution is -2.57. The molecule has 3 aliphatic carbocycles. The largest absolute Gasteiger partial charge is 0.511 e. The first kappa shape index (κ1) is 25.3. The van der Waals surface area contributed by atoms with E-state index in [4.69, 9.17) is 10.5 Å². The van der Waals surface area contributed by atoms with Crippen molar-refractivity contribution in [3.05, 3.63) is 51.8 Å². The van der Waals surface area contributed by atoms with E-state index in [9.17, 15) is 29.7 Å². The van der Waals surface area contributed by atoms with Crippen molar-refractivity contribution >= 4 is 34.9 Å². The van der Waals surface area contributed by atoms with Crippen molar-refractivity contribution in [3.8, 4) is 0 Å². The van der Waals surface area contributed by atoms with Crippen LogP contribution in [0.25, 0.3) is 5.76 Å². The van der Waals surface area contributed by atoms with Gasteiger partial charge in [0.2, 0.25) is 0 Å². The summed E-state index contributed by atoms with van der Waals surface area (Å²) in [6.45, 7) is 7.32. The van der Waals surface area contributed by atoms with Gasteiger partial charge in [-0.2, -0.15) is 0 Å². The summed E-state index contributed by atoms with van der Waals surface area (Å²) >= 11 is 0. The van der Waals surface area contributed by atoms with Gasteiger partial charge in [-0.25, -0.2) is 4.79 Å². The number of carbonyl (C=O) groups is 3. The van der Waals surface area contributed by atoms with Gasteiger partial charge in [0.15, 0.2) is 11.4 Å². The summed E-state index contributed by atoms with van der Waals surface area (Å²) in [5.41, 5.74) is 5.49. The van der Waals surface area contributed by atoms with Crippen LogP contribution < -0.4 is 16.0 Å². The van der Waals surface area contributed by atoms with Crippen LogP contribution in [0.1, 0.15) is 36.5 Å². The van der Waals surface area contributed by atoms with Crippen molar-refractivity contribution in [1.29, 1.82) is 0 Å². The van der Waals surface area contributed by atoms with Crippen LogP contribution in [0.3, 0.4) is 0 Å². The minimum absolute atomic E-state index is 0.0358. The number of Topliss-reactive ketones (excluding diaryl/α,β-unsaturated/α-hetero) is 1. The molecule has 1 saturated carbocycles. The number of carbonyl (C=O) groups excluding carboxylic acids is 3. The van der Waals surface area contributed by atoms with Gasteiger partial charge in [-0.1, -0.05) is 6.58 Å². The summed E-state index contributed by atoms with van der Waals surface area (Å²) in [5.74, 6) is -3.53. The van der Waals surface area contributed by atoms with Crippen molar-refractivity contribution in [2.75, 3.05) is 30.9 Å². The Morgan fingerprint density at radius 3 is 2.56 bits per heavy atom. The lowest BCUT2D eigenvalue weighted by molar-refractivity contribution is -0.140. The third-order valence-corrected chi connectivity index (χ3v) is 7.50. The number of nitrogens with two attached hydrogens (primary N) is 1. The number of hydrogen-bond acceptors (Lipinski definition) is 8. The van der Waals surface area contributed by atoms with Crippen LogP contribution in [0, 0.1) is 18.8 Å². The topological polar surface area (TPSA) is 162 Å². The number of hydrogen-bond donors (Lipinski definition) is 5. The Kier molecular flexibility index (Phi) is 6.12. The lowest BCUT2D eigenvalue weighted by Gasteiger charge is -2.48. The van der Waals surface area contributed by atoms with Gasteiger partial charge in [0.25, 0.3) is 5.91 Å². The summed E-state index contributed by atoms with van der Waals surface area (Å²) in [6, 6.07) is 1.79. The van der Waals surface area contributed by atoms with Gasteiger partial charge in [0.1, 0.15) is 11.5 Å². The highest BCUT2D eigenvalue weighted by Gasteiger charge is 2.58. The average Bonchev–Trinajstić information content (AvgIpc) is 2.77. The van der Waals surface area contributed by atoms with E-state index in [2.05, 4.69) is 11.9 Å². The van der Waals surface area contributed by atoms with E-state index in [-0.39, 0.29) is 47.7 Å². The molecule has 4 rings (SSSR count). The van der Waals surface area contributed by atoms with Gasteiger partial charge in [0, 0.05) is 54.5 Å². The Labute approximate surface area is 208 Å². The van der Waals surface area contributed by atoms with Crippen LogP contribution in [-0.4, -0.2) is 59.4 Å². The molecule has 0 bridgehead atoms. The Hall–Kier alpha value is -3.79. The van der Waals surface area contributed by atoms with Crippen LogP contribution in [0.15, 0.2) is 35.1 Å². The zero-order valence-electron chi connectivity index (χ0n) is 20.8. The Morgan fingerprint density at radius 1 is 1.31 bits per heavy atom. The van der Waals surface area contributed by atoms with E-state index >= 15 is 0 Å². The molecule has 3 atom stereocenters. The minimum atomic E-state index is -2.19. The second kappa shape index (κ2) is 8.70. The van der Waals surface area contributed by atoms with Crippen molar-refractivity contribution in [1.82, 2.24) is 0 Å².